The topological polar surface area (TPSA) is 59.1 Å². The minimum Gasteiger partial charge on any atom is -0.478 e. The van der Waals surface area contributed by atoms with Crippen LogP contribution in [0.25, 0.3) is 0 Å². The maximum absolute atomic E-state index is 5.57. The number of rotatable bonds is 6. The number of hydrogen-bond donors (Lipinski definition) is 2. The minimum absolute atomic E-state index is 0.669. The average Bonchev–Trinajstić information content (AvgIpc) is 2.43. The number of anilines is 1. The Labute approximate surface area is 115 Å². The van der Waals surface area contributed by atoms with Crippen molar-refractivity contribution in [2.75, 3.05) is 31.6 Å². The molecule has 1 aliphatic heterocycles. The molecule has 0 unspecified atom stereocenters. The number of ether oxygens (including phenoxy) is 1. The maximum Gasteiger partial charge on any atom is 0.226 e. The summed E-state index contributed by atoms with van der Waals surface area (Å²) in [6, 6.07) is 1.88. The quantitative estimate of drug-likeness (QED) is 0.823. The molecular weight excluding hydrogens is 240 g/mol. The molecule has 1 aromatic heterocycles. The normalized spacial score (nSPS) is 16.3. The van der Waals surface area contributed by atoms with Gasteiger partial charge in [0.05, 0.1) is 6.61 Å². The van der Waals surface area contributed by atoms with Crippen molar-refractivity contribution in [3.63, 3.8) is 0 Å². The first-order chi connectivity index (χ1) is 9.28. The second kappa shape index (κ2) is 7.28. The Morgan fingerprint density at radius 2 is 2.16 bits per heavy atom. The van der Waals surface area contributed by atoms with Gasteiger partial charge in [-0.1, -0.05) is 6.92 Å². The zero-order chi connectivity index (χ0) is 13.5. The molecule has 1 aliphatic rings. The standard InChI is InChI=1S/C14H24N4O/c1-3-8-19-13-9-11(2)17-14(18-13)16-10-12-4-6-15-7-5-12/h9,12,15H,3-8,10H2,1-2H3,(H,16,17,18). The molecule has 106 valence electrons. The molecule has 2 heterocycles. The number of piperidine rings is 1. The van der Waals surface area contributed by atoms with Gasteiger partial charge in [0.1, 0.15) is 0 Å². The Balaban J connectivity index is 1.89. The molecule has 0 spiro atoms. The number of hydrogen-bond acceptors (Lipinski definition) is 5. The Morgan fingerprint density at radius 3 is 2.89 bits per heavy atom. The third-order valence-electron chi connectivity index (χ3n) is 3.29. The van der Waals surface area contributed by atoms with Crippen LogP contribution in [0.4, 0.5) is 5.95 Å². The predicted molar refractivity (Wildman–Crippen MR) is 76.6 cm³/mol. The van der Waals surface area contributed by atoms with Gasteiger partial charge < -0.3 is 15.4 Å². The minimum atomic E-state index is 0.669. The fraction of sp³-hybridized carbons (Fsp3) is 0.714. The van der Waals surface area contributed by atoms with Crippen molar-refractivity contribution in [3.8, 4) is 5.88 Å². The van der Waals surface area contributed by atoms with Gasteiger partial charge in [0, 0.05) is 18.3 Å². The first-order valence-electron chi connectivity index (χ1n) is 7.21. The van der Waals surface area contributed by atoms with E-state index in [1.807, 2.05) is 13.0 Å². The van der Waals surface area contributed by atoms with Crippen LogP contribution >= 0.6 is 0 Å². The van der Waals surface area contributed by atoms with Gasteiger partial charge in [0.2, 0.25) is 11.8 Å². The van der Waals surface area contributed by atoms with Crippen molar-refractivity contribution in [2.45, 2.75) is 33.1 Å². The summed E-state index contributed by atoms with van der Waals surface area (Å²) in [4.78, 5) is 8.80. The molecule has 1 saturated heterocycles. The van der Waals surface area contributed by atoms with Gasteiger partial charge >= 0.3 is 0 Å². The summed E-state index contributed by atoms with van der Waals surface area (Å²) >= 11 is 0. The van der Waals surface area contributed by atoms with E-state index in [0.29, 0.717) is 24.4 Å². The van der Waals surface area contributed by atoms with Crippen molar-refractivity contribution in [1.29, 1.82) is 0 Å². The molecule has 1 fully saturated rings. The van der Waals surface area contributed by atoms with Crippen LogP contribution in [0.2, 0.25) is 0 Å². The first-order valence-corrected chi connectivity index (χ1v) is 7.21. The van der Waals surface area contributed by atoms with Gasteiger partial charge in [0.25, 0.3) is 0 Å². The van der Waals surface area contributed by atoms with E-state index in [1.54, 1.807) is 0 Å². The van der Waals surface area contributed by atoms with Crippen LogP contribution in [-0.4, -0.2) is 36.2 Å². The second-order valence-corrected chi connectivity index (χ2v) is 5.09. The van der Waals surface area contributed by atoms with Crippen molar-refractivity contribution < 1.29 is 4.74 Å². The lowest BCUT2D eigenvalue weighted by Gasteiger charge is -2.22. The molecule has 0 bridgehead atoms. The Hall–Kier alpha value is -1.36. The molecule has 2 N–H and O–H groups in total. The van der Waals surface area contributed by atoms with Gasteiger partial charge in [-0.15, -0.1) is 0 Å². The van der Waals surface area contributed by atoms with E-state index in [2.05, 4.69) is 27.5 Å². The van der Waals surface area contributed by atoms with Crippen LogP contribution in [0.5, 0.6) is 5.88 Å². The van der Waals surface area contributed by atoms with Crippen LogP contribution < -0.4 is 15.4 Å². The molecule has 0 atom stereocenters. The van der Waals surface area contributed by atoms with Gasteiger partial charge in [-0.25, -0.2) is 4.98 Å². The van der Waals surface area contributed by atoms with E-state index in [0.717, 1.165) is 31.7 Å². The zero-order valence-corrected chi connectivity index (χ0v) is 11.9. The van der Waals surface area contributed by atoms with Crippen molar-refractivity contribution >= 4 is 5.95 Å². The molecule has 5 nitrogen and oxygen atoms in total. The highest BCUT2D eigenvalue weighted by Gasteiger charge is 2.13. The van der Waals surface area contributed by atoms with Crippen LogP contribution in [0.3, 0.4) is 0 Å². The molecule has 0 amide bonds. The van der Waals surface area contributed by atoms with E-state index in [9.17, 15) is 0 Å². The van der Waals surface area contributed by atoms with Crippen LogP contribution in [0.1, 0.15) is 31.9 Å². The Morgan fingerprint density at radius 1 is 1.37 bits per heavy atom. The molecule has 0 aromatic carbocycles. The third kappa shape index (κ3) is 4.67. The van der Waals surface area contributed by atoms with Gasteiger partial charge in [-0.2, -0.15) is 4.98 Å². The predicted octanol–water partition coefficient (Wildman–Crippen LogP) is 1.99. The summed E-state index contributed by atoms with van der Waals surface area (Å²) in [7, 11) is 0. The summed E-state index contributed by atoms with van der Waals surface area (Å²) in [6.45, 7) is 7.93. The van der Waals surface area contributed by atoms with Gasteiger partial charge in [0.15, 0.2) is 0 Å². The molecule has 2 rings (SSSR count). The number of nitrogens with zero attached hydrogens (tertiary/aromatic N) is 2. The van der Waals surface area contributed by atoms with Gasteiger partial charge in [-0.05, 0) is 45.2 Å². The lowest BCUT2D eigenvalue weighted by atomic mass is 9.98. The molecule has 0 saturated carbocycles. The molecule has 0 aliphatic carbocycles. The van der Waals surface area contributed by atoms with Gasteiger partial charge in [-0.3, -0.25) is 0 Å². The second-order valence-electron chi connectivity index (χ2n) is 5.09. The fourth-order valence-electron chi connectivity index (χ4n) is 2.22. The SMILES string of the molecule is CCCOc1cc(C)nc(NCC2CCNCC2)n1. The Kier molecular flexibility index (Phi) is 5.39. The van der Waals surface area contributed by atoms with Crippen LogP contribution in [0.15, 0.2) is 6.07 Å². The highest BCUT2D eigenvalue weighted by molar-refractivity contribution is 5.30. The zero-order valence-electron chi connectivity index (χ0n) is 11.9. The smallest absolute Gasteiger partial charge is 0.226 e. The summed E-state index contributed by atoms with van der Waals surface area (Å²) in [5, 5.41) is 6.72. The number of aromatic nitrogens is 2. The van der Waals surface area contributed by atoms with Crippen molar-refractivity contribution in [3.05, 3.63) is 11.8 Å². The van der Waals surface area contributed by atoms with Crippen LogP contribution in [0, 0.1) is 12.8 Å². The summed E-state index contributed by atoms with van der Waals surface area (Å²) in [5.41, 5.74) is 0.939. The van der Waals surface area contributed by atoms with E-state index in [-0.39, 0.29) is 0 Å². The van der Waals surface area contributed by atoms with E-state index >= 15 is 0 Å². The largest absolute Gasteiger partial charge is 0.478 e. The molecule has 5 heteroatoms. The Bertz CT molecular complexity index is 391. The third-order valence-corrected chi connectivity index (χ3v) is 3.29. The summed E-state index contributed by atoms with van der Waals surface area (Å²) < 4.78 is 5.57. The highest BCUT2D eigenvalue weighted by atomic mass is 16.5. The average molecular weight is 264 g/mol. The van der Waals surface area contributed by atoms with E-state index < -0.39 is 0 Å². The van der Waals surface area contributed by atoms with Crippen molar-refractivity contribution in [2.24, 2.45) is 5.92 Å². The van der Waals surface area contributed by atoms with E-state index in [1.165, 1.54) is 12.8 Å². The van der Waals surface area contributed by atoms with Crippen molar-refractivity contribution in [1.82, 2.24) is 15.3 Å². The highest BCUT2D eigenvalue weighted by Crippen LogP contribution is 2.15. The summed E-state index contributed by atoms with van der Waals surface area (Å²) in [6.07, 6.45) is 3.43. The maximum atomic E-state index is 5.57. The van der Waals surface area contributed by atoms with Crippen LogP contribution in [-0.2, 0) is 0 Å². The number of aryl methyl sites for hydroxylation is 1. The van der Waals surface area contributed by atoms with E-state index in [4.69, 9.17) is 4.74 Å². The first kappa shape index (κ1) is 14.1. The molecule has 0 radical (unpaired) electrons. The summed E-state index contributed by atoms with van der Waals surface area (Å²) in [5.74, 6) is 2.07. The lowest BCUT2D eigenvalue weighted by molar-refractivity contribution is 0.304. The lowest BCUT2D eigenvalue weighted by Crippen LogP contribution is -2.31. The molecule has 1 aromatic rings. The molecular formula is C14H24N4O. The molecule has 19 heavy (non-hydrogen) atoms. The fourth-order valence-corrected chi connectivity index (χ4v) is 2.22. The monoisotopic (exact) mass is 264 g/mol. The number of nitrogens with one attached hydrogen (secondary N) is 2.